The average Bonchev–Trinajstić information content (AvgIpc) is 2.51. The van der Waals surface area contributed by atoms with Crippen LogP contribution in [0.25, 0.3) is 0 Å². The largest absolute Gasteiger partial charge is 0.327 e. The van der Waals surface area contributed by atoms with E-state index < -0.39 is 67.8 Å². The second kappa shape index (κ2) is 6.76. The first kappa shape index (κ1) is 23.4. The molecule has 154 valence electrons. The van der Waals surface area contributed by atoms with E-state index in [4.69, 9.17) is 51.6 Å². The first-order chi connectivity index (χ1) is 11.9. The van der Waals surface area contributed by atoms with Crippen LogP contribution in [0.5, 0.6) is 0 Å². The molecule has 15 heteroatoms. The lowest BCUT2D eigenvalue weighted by Gasteiger charge is -2.54. The van der Waals surface area contributed by atoms with Gasteiger partial charge in [0.2, 0.25) is 5.78 Å². The fourth-order valence-corrected chi connectivity index (χ4v) is 3.18. The fraction of sp³-hybridized carbons (Fsp3) is 0.500. The number of carbonyl (C=O) groups is 2. The molecule has 0 saturated heterocycles. The van der Waals surface area contributed by atoms with E-state index in [0.29, 0.717) is 0 Å². The maximum absolute atomic E-state index is 12.9. The summed E-state index contributed by atoms with van der Waals surface area (Å²) in [5.41, 5.74) is 40.3. The smallest absolute Gasteiger partial charge is 0.298 e. The Morgan fingerprint density at radius 2 is 1.52 bits per heavy atom. The van der Waals surface area contributed by atoms with E-state index >= 15 is 0 Å². The highest BCUT2D eigenvalue weighted by atomic mass is 32.2. The summed E-state index contributed by atoms with van der Waals surface area (Å²) in [4.78, 5) is 23.5. The van der Waals surface area contributed by atoms with Gasteiger partial charge in [0.05, 0.1) is 0 Å². The predicted octanol–water partition coefficient (Wildman–Crippen LogP) is -6.36. The van der Waals surface area contributed by atoms with Crippen molar-refractivity contribution in [3.05, 3.63) is 22.6 Å². The molecule has 1 rings (SSSR count). The third kappa shape index (κ3) is 3.58. The number of nitrogens with two attached hydrogens (primary N) is 9. The zero-order valence-corrected chi connectivity index (χ0v) is 15.1. The molecular weight excluding hydrogens is 382 g/mol. The molecule has 14 nitrogen and oxygen atoms in total. The minimum absolute atomic E-state index is 0.399. The minimum Gasteiger partial charge on any atom is -0.327 e. The van der Waals surface area contributed by atoms with Gasteiger partial charge in [-0.15, -0.1) is 0 Å². The summed E-state index contributed by atoms with van der Waals surface area (Å²) < 4.78 is 32.3. The Balaban J connectivity index is 3.65. The number of allylic oxidation sites excluding steroid dienone is 3. The minimum atomic E-state index is -5.11. The number of hydrogen-bond acceptors (Lipinski definition) is 13. The molecule has 0 atom stereocenters. The number of Topliss-reactive ketones (excluding diaryl/α,β-unsaturated/α-hetero) is 2. The molecule has 0 radical (unpaired) electrons. The Morgan fingerprint density at radius 3 is 1.93 bits per heavy atom. The third-order valence-electron chi connectivity index (χ3n) is 4.44. The summed E-state index contributed by atoms with van der Waals surface area (Å²) in [7, 11) is -5.11. The average molecular weight is 407 g/mol. The van der Waals surface area contributed by atoms with Gasteiger partial charge in [-0.3, -0.25) is 14.1 Å². The van der Waals surface area contributed by atoms with E-state index in [9.17, 15) is 22.6 Å². The molecule has 0 aromatic carbocycles. The highest BCUT2D eigenvalue weighted by Gasteiger charge is 2.63. The lowest BCUT2D eigenvalue weighted by Crippen LogP contribution is -2.98. The second-order valence-electron chi connectivity index (χ2n) is 6.43. The fourth-order valence-electron chi connectivity index (χ4n) is 2.37. The van der Waals surface area contributed by atoms with Gasteiger partial charge in [-0.05, 0) is 0 Å². The standard InChI is InChI=1S/C12H25N9O5S/c13-4-9(14,15)11(18,19)12(20,21)10(16,17)8(23)5-2-1-3-6(22)7(5)27(24,25)26/h1-2H,3-4,13-21H2,(H,24,25,26). The van der Waals surface area contributed by atoms with Gasteiger partial charge in [-0.1, -0.05) is 12.2 Å². The van der Waals surface area contributed by atoms with Gasteiger partial charge < -0.3 is 51.6 Å². The Kier molecular flexibility index (Phi) is 5.86. The van der Waals surface area contributed by atoms with E-state index in [1.807, 2.05) is 0 Å². The molecule has 0 aliphatic heterocycles. The van der Waals surface area contributed by atoms with Crippen LogP contribution in [0, 0.1) is 0 Å². The van der Waals surface area contributed by atoms with Crippen molar-refractivity contribution >= 4 is 21.7 Å². The molecule has 0 aromatic heterocycles. The molecule has 0 aromatic rings. The van der Waals surface area contributed by atoms with Crippen LogP contribution in [-0.4, -0.2) is 53.7 Å². The van der Waals surface area contributed by atoms with Crippen LogP contribution in [0.15, 0.2) is 22.6 Å². The van der Waals surface area contributed by atoms with Gasteiger partial charge in [0.15, 0.2) is 11.4 Å². The summed E-state index contributed by atoms with van der Waals surface area (Å²) in [5.74, 6) is -2.54. The SMILES string of the molecule is NCC(N)(N)C(N)(N)C(N)(N)C(N)(N)C(=O)C1=C(S(=O)(=O)O)C(=O)CC=C1. The van der Waals surface area contributed by atoms with Crippen LogP contribution in [-0.2, 0) is 19.7 Å². The Morgan fingerprint density at radius 1 is 1.04 bits per heavy atom. The topological polar surface area (TPSA) is 323 Å². The molecule has 0 spiro atoms. The highest BCUT2D eigenvalue weighted by molar-refractivity contribution is 7.91. The summed E-state index contributed by atoms with van der Waals surface area (Å²) in [5, 5.41) is 0. The quantitative estimate of drug-likeness (QED) is 0.138. The normalized spacial score (nSPS) is 17.5. The van der Waals surface area contributed by atoms with E-state index in [-0.39, 0.29) is 0 Å². The van der Waals surface area contributed by atoms with Crippen LogP contribution in [0.4, 0.5) is 0 Å². The van der Waals surface area contributed by atoms with Gasteiger partial charge in [0.25, 0.3) is 10.1 Å². The van der Waals surface area contributed by atoms with Crippen molar-refractivity contribution < 1.29 is 22.6 Å². The molecule has 0 heterocycles. The molecule has 0 fully saturated rings. The van der Waals surface area contributed by atoms with E-state index in [1.165, 1.54) is 0 Å². The molecule has 27 heavy (non-hydrogen) atoms. The number of hydrogen-bond donors (Lipinski definition) is 10. The van der Waals surface area contributed by atoms with Gasteiger partial charge in [-0.2, -0.15) is 8.42 Å². The van der Waals surface area contributed by atoms with Crippen LogP contribution in [0.2, 0.25) is 0 Å². The van der Waals surface area contributed by atoms with Crippen molar-refractivity contribution in [2.75, 3.05) is 6.54 Å². The van der Waals surface area contributed by atoms with Crippen LogP contribution in [0.1, 0.15) is 6.42 Å². The molecule has 0 unspecified atom stereocenters. The van der Waals surface area contributed by atoms with E-state index in [2.05, 4.69) is 0 Å². The van der Waals surface area contributed by atoms with Crippen LogP contribution in [0.3, 0.4) is 0 Å². The molecule has 0 amide bonds. The number of ketones is 2. The lowest BCUT2D eigenvalue weighted by molar-refractivity contribution is -0.125. The summed E-state index contributed by atoms with van der Waals surface area (Å²) in [6, 6.07) is 0. The first-order valence-electron chi connectivity index (χ1n) is 7.33. The van der Waals surface area contributed by atoms with Crippen molar-refractivity contribution in [1.82, 2.24) is 0 Å². The monoisotopic (exact) mass is 407 g/mol. The summed E-state index contributed by atoms with van der Waals surface area (Å²) in [6.45, 7) is -0.558. The van der Waals surface area contributed by atoms with Crippen molar-refractivity contribution in [3.8, 4) is 0 Å². The van der Waals surface area contributed by atoms with E-state index in [0.717, 1.165) is 12.2 Å². The molecule has 1 aliphatic carbocycles. The number of rotatable bonds is 7. The van der Waals surface area contributed by atoms with Crippen molar-refractivity contribution in [2.24, 2.45) is 51.6 Å². The zero-order valence-electron chi connectivity index (χ0n) is 14.3. The van der Waals surface area contributed by atoms with Crippen LogP contribution >= 0.6 is 0 Å². The third-order valence-corrected chi connectivity index (χ3v) is 5.40. The second-order valence-corrected chi connectivity index (χ2v) is 7.79. The highest BCUT2D eigenvalue weighted by Crippen LogP contribution is 2.28. The van der Waals surface area contributed by atoms with Crippen molar-refractivity contribution in [1.29, 1.82) is 0 Å². The van der Waals surface area contributed by atoms with Gasteiger partial charge in [-0.25, -0.2) is 0 Å². The summed E-state index contributed by atoms with van der Waals surface area (Å²) >= 11 is 0. The Bertz CT molecular complexity index is 826. The van der Waals surface area contributed by atoms with Crippen LogP contribution < -0.4 is 51.6 Å². The molecule has 19 N–H and O–H groups in total. The molecular formula is C12H25N9O5S. The van der Waals surface area contributed by atoms with Crippen molar-refractivity contribution in [3.63, 3.8) is 0 Å². The molecule has 0 bridgehead atoms. The predicted molar refractivity (Wildman–Crippen MR) is 95.8 cm³/mol. The lowest BCUT2D eigenvalue weighted by atomic mass is 9.73. The maximum Gasteiger partial charge on any atom is 0.298 e. The molecule has 0 saturated carbocycles. The maximum atomic E-state index is 12.9. The van der Waals surface area contributed by atoms with Gasteiger partial charge in [0.1, 0.15) is 21.9 Å². The van der Waals surface area contributed by atoms with Crippen molar-refractivity contribution in [2.45, 2.75) is 29.1 Å². The molecule has 1 aliphatic rings. The zero-order chi connectivity index (χ0) is 21.6. The van der Waals surface area contributed by atoms with E-state index in [1.54, 1.807) is 0 Å². The first-order valence-corrected chi connectivity index (χ1v) is 8.77. The van der Waals surface area contributed by atoms with Gasteiger partial charge >= 0.3 is 0 Å². The van der Waals surface area contributed by atoms with Gasteiger partial charge in [0, 0.05) is 18.5 Å². The Labute approximate surface area is 154 Å². The number of carbonyl (C=O) groups excluding carboxylic acids is 2. The Hall–Kier alpha value is -1.63. The summed E-state index contributed by atoms with van der Waals surface area (Å²) in [6.07, 6.45) is 1.65.